The van der Waals surface area contributed by atoms with Crippen LogP contribution >= 0.6 is 11.8 Å². The number of rotatable bonds is 7. The van der Waals surface area contributed by atoms with Gasteiger partial charge in [0.15, 0.2) is 5.12 Å². The van der Waals surface area contributed by atoms with Gasteiger partial charge in [0.05, 0.1) is 0 Å². The molecule has 0 fully saturated rings. The number of para-hydroxylation sites is 2. The summed E-state index contributed by atoms with van der Waals surface area (Å²) in [6, 6.07) is 14.1. The summed E-state index contributed by atoms with van der Waals surface area (Å²) in [6.07, 6.45) is 0.353. The van der Waals surface area contributed by atoms with Crippen LogP contribution in [0.25, 0.3) is 0 Å². The standard InChI is InChI=1S/C21H26N2O2S/c1-14-8-7-9-15(2)21(14)23-19-11-6-5-10-18(19)12-20(25)26-13-16(3)22-17(4)24/h5-11,16,23H,12-13H2,1-4H3,(H,22,24). The zero-order chi connectivity index (χ0) is 19.1. The van der Waals surface area contributed by atoms with Crippen molar-refractivity contribution < 1.29 is 9.59 Å². The first-order valence-corrected chi connectivity index (χ1v) is 9.69. The fourth-order valence-corrected chi connectivity index (χ4v) is 3.53. The molecule has 2 aromatic rings. The number of amides is 1. The van der Waals surface area contributed by atoms with E-state index < -0.39 is 0 Å². The lowest BCUT2D eigenvalue weighted by Gasteiger charge is -2.16. The lowest BCUT2D eigenvalue weighted by molar-refractivity contribution is -0.119. The summed E-state index contributed by atoms with van der Waals surface area (Å²) in [7, 11) is 0. The predicted molar refractivity (Wildman–Crippen MR) is 110 cm³/mol. The van der Waals surface area contributed by atoms with Gasteiger partial charge in [0.1, 0.15) is 0 Å². The Morgan fingerprint density at radius 3 is 2.35 bits per heavy atom. The van der Waals surface area contributed by atoms with Crippen molar-refractivity contribution in [2.45, 2.75) is 40.2 Å². The van der Waals surface area contributed by atoms with Crippen LogP contribution in [0.2, 0.25) is 0 Å². The second kappa shape index (κ2) is 9.43. The highest BCUT2D eigenvalue weighted by molar-refractivity contribution is 8.13. The quantitative estimate of drug-likeness (QED) is 0.760. The molecule has 0 aliphatic heterocycles. The lowest BCUT2D eigenvalue weighted by atomic mass is 10.1. The monoisotopic (exact) mass is 370 g/mol. The van der Waals surface area contributed by atoms with Crippen LogP contribution in [-0.2, 0) is 16.0 Å². The van der Waals surface area contributed by atoms with E-state index in [0.29, 0.717) is 12.2 Å². The van der Waals surface area contributed by atoms with E-state index in [1.807, 2.05) is 37.3 Å². The van der Waals surface area contributed by atoms with Crippen LogP contribution in [0.1, 0.15) is 30.5 Å². The first-order chi connectivity index (χ1) is 12.4. The molecule has 0 bridgehead atoms. The molecule has 2 N–H and O–H groups in total. The van der Waals surface area contributed by atoms with Crippen molar-refractivity contribution in [3.63, 3.8) is 0 Å². The van der Waals surface area contributed by atoms with E-state index in [2.05, 4.69) is 36.6 Å². The number of carbonyl (C=O) groups excluding carboxylic acids is 2. The van der Waals surface area contributed by atoms with Crippen LogP contribution in [0.3, 0.4) is 0 Å². The molecule has 0 aliphatic rings. The number of nitrogens with one attached hydrogen (secondary N) is 2. The Bertz CT molecular complexity index is 769. The van der Waals surface area contributed by atoms with Crippen LogP contribution in [0, 0.1) is 13.8 Å². The van der Waals surface area contributed by atoms with E-state index in [0.717, 1.165) is 16.9 Å². The number of anilines is 2. The van der Waals surface area contributed by atoms with Crippen LogP contribution < -0.4 is 10.6 Å². The van der Waals surface area contributed by atoms with Crippen molar-refractivity contribution >= 4 is 34.2 Å². The van der Waals surface area contributed by atoms with Crippen molar-refractivity contribution in [1.82, 2.24) is 5.32 Å². The largest absolute Gasteiger partial charge is 0.355 e. The van der Waals surface area contributed by atoms with Gasteiger partial charge >= 0.3 is 0 Å². The average Bonchev–Trinajstić information content (AvgIpc) is 2.57. The molecule has 0 saturated heterocycles. The molecular weight excluding hydrogens is 344 g/mol. The van der Waals surface area contributed by atoms with Crippen molar-refractivity contribution in [3.8, 4) is 0 Å². The van der Waals surface area contributed by atoms with E-state index in [1.54, 1.807) is 0 Å². The maximum atomic E-state index is 12.4. The summed E-state index contributed by atoms with van der Waals surface area (Å²) in [6.45, 7) is 7.53. The number of carbonyl (C=O) groups is 2. The molecule has 0 aliphatic carbocycles. The smallest absolute Gasteiger partial charge is 0.217 e. The molecule has 2 aromatic carbocycles. The molecule has 4 nitrogen and oxygen atoms in total. The summed E-state index contributed by atoms with van der Waals surface area (Å²) in [5.74, 6) is 0.499. The third-order valence-electron chi connectivity index (χ3n) is 4.04. The normalized spacial score (nSPS) is 11.7. The molecule has 0 spiro atoms. The molecule has 5 heteroatoms. The van der Waals surface area contributed by atoms with Gasteiger partial charge in [-0.2, -0.15) is 0 Å². The van der Waals surface area contributed by atoms with Gasteiger partial charge in [-0.3, -0.25) is 9.59 Å². The average molecular weight is 371 g/mol. The minimum atomic E-state index is -0.0753. The molecule has 1 unspecified atom stereocenters. The Labute approximate surface area is 159 Å². The molecule has 138 valence electrons. The van der Waals surface area contributed by atoms with E-state index in [-0.39, 0.29) is 17.1 Å². The van der Waals surface area contributed by atoms with Crippen LogP contribution in [0.4, 0.5) is 11.4 Å². The Morgan fingerprint density at radius 1 is 1.04 bits per heavy atom. The minimum absolute atomic E-state index is 0.0237. The summed E-state index contributed by atoms with van der Waals surface area (Å²) in [5.41, 5.74) is 5.35. The first kappa shape index (κ1) is 20.0. The SMILES string of the molecule is CC(=O)NC(C)CSC(=O)Cc1ccccc1Nc1c(C)cccc1C. The molecule has 0 saturated carbocycles. The zero-order valence-corrected chi connectivity index (χ0v) is 16.6. The number of aryl methyl sites for hydroxylation is 2. The van der Waals surface area contributed by atoms with Gasteiger partial charge in [-0.1, -0.05) is 48.2 Å². The van der Waals surface area contributed by atoms with Crippen LogP contribution in [-0.4, -0.2) is 22.8 Å². The second-order valence-electron chi connectivity index (χ2n) is 6.51. The van der Waals surface area contributed by atoms with Gasteiger partial charge in [0, 0.05) is 36.5 Å². The number of benzene rings is 2. The second-order valence-corrected chi connectivity index (χ2v) is 7.59. The number of hydrogen-bond acceptors (Lipinski definition) is 4. The van der Waals surface area contributed by atoms with Gasteiger partial charge in [-0.15, -0.1) is 0 Å². The predicted octanol–water partition coefficient (Wildman–Crippen LogP) is 4.37. The number of hydrogen-bond donors (Lipinski definition) is 2. The van der Waals surface area contributed by atoms with Gasteiger partial charge < -0.3 is 10.6 Å². The first-order valence-electron chi connectivity index (χ1n) is 8.70. The van der Waals surface area contributed by atoms with E-state index >= 15 is 0 Å². The van der Waals surface area contributed by atoms with Crippen LogP contribution in [0.5, 0.6) is 0 Å². The molecule has 26 heavy (non-hydrogen) atoms. The fraction of sp³-hybridized carbons (Fsp3) is 0.333. The Balaban J connectivity index is 2.05. The van der Waals surface area contributed by atoms with Crippen LogP contribution in [0.15, 0.2) is 42.5 Å². The van der Waals surface area contributed by atoms with Gasteiger partial charge in [-0.05, 0) is 43.5 Å². The highest BCUT2D eigenvalue weighted by Crippen LogP contribution is 2.27. The van der Waals surface area contributed by atoms with E-state index in [1.165, 1.54) is 29.8 Å². The molecule has 0 aromatic heterocycles. The minimum Gasteiger partial charge on any atom is -0.355 e. The highest BCUT2D eigenvalue weighted by atomic mass is 32.2. The van der Waals surface area contributed by atoms with Crippen molar-refractivity contribution in [3.05, 3.63) is 59.2 Å². The van der Waals surface area contributed by atoms with E-state index in [9.17, 15) is 9.59 Å². The summed E-state index contributed by atoms with van der Waals surface area (Å²) < 4.78 is 0. The summed E-state index contributed by atoms with van der Waals surface area (Å²) >= 11 is 1.26. The molecule has 0 heterocycles. The van der Waals surface area contributed by atoms with Gasteiger partial charge in [0.25, 0.3) is 0 Å². The molecular formula is C21H26N2O2S. The molecule has 0 radical (unpaired) electrons. The van der Waals surface area contributed by atoms with Crippen molar-refractivity contribution in [2.75, 3.05) is 11.1 Å². The Morgan fingerprint density at radius 2 is 1.69 bits per heavy atom. The van der Waals surface area contributed by atoms with Crippen molar-refractivity contribution in [2.24, 2.45) is 0 Å². The molecule has 1 amide bonds. The van der Waals surface area contributed by atoms with Crippen molar-refractivity contribution in [1.29, 1.82) is 0 Å². The van der Waals surface area contributed by atoms with Gasteiger partial charge in [0.2, 0.25) is 5.91 Å². The highest BCUT2D eigenvalue weighted by Gasteiger charge is 2.12. The maximum absolute atomic E-state index is 12.4. The summed E-state index contributed by atoms with van der Waals surface area (Å²) in [4.78, 5) is 23.4. The van der Waals surface area contributed by atoms with E-state index in [4.69, 9.17) is 0 Å². The lowest BCUT2D eigenvalue weighted by Crippen LogP contribution is -2.32. The molecule has 1 atom stereocenters. The maximum Gasteiger partial charge on any atom is 0.217 e. The Kier molecular flexibility index (Phi) is 7.27. The third-order valence-corrected chi connectivity index (χ3v) is 5.17. The summed E-state index contributed by atoms with van der Waals surface area (Å²) in [5, 5.41) is 6.38. The number of thioether (sulfide) groups is 1. The Hall–Kier alpha value is -2.27. The third kappa shape index (κ3) is 5.92. The zero-order valence-electron chi connectivity index (χ0n) is 15.8. The topological polar surface area (TPSA) is 58.2 Å². The van der Waals surface area contributed by atoms with Gasteiger partial charge in [-0.25, -0.2) is 0 Å². The fourth-order valence-electron chi connectivity index (χ4n) is 2.76. The molecule has 2 rings (SSSR count).